The number of hydrogen-bond donors (Lipinski definition) is 1. The van der Waals surface area contributed by atoms with E-state index in [1.165, 1.54) is 12.2 Å². The van der Waals surface area contributed by atoms with Gasteiger partial charge in [0.25, 0.3) is 0 Å². The van der Waals surface area contributed by atoms with Crippen LogP contribution in [0.25, 0.3) is 0 Å². The number of rotatable bonds is 3. The number of aliphatic hydroxyl groups excluding tert-OH is 1. The lowest BCUT2D eigenvalue weighted by Crippen LogP contribution is -2.40. The summed E-state index contributed by atoms with van der Waals surface area (Å²) in [6.07, 6.45) is 7.42. The van der Waals surface area contributed by atoms with Crippen LogP contribution in [-0.4, -0.2) is 38.6 Å². The second kappa shape index (κ2) is 5.46. The molecule has 0 aromatic carbocycles. The van der Waals surface area contributed by atoms with Gasteiger partial charge in [0, 0.05) is 24.1 Å². The lowest BCUT2D eigenvalue weighted by atomic mass is 9.90. The molecule has 3 unspecified atom stereocenters. The van der Waals surface area contributed by atoms with Crippen LogP contribution < -0.4 is 0 Å². The number of aliphatic hydroxyl groups is 1. The number of nitrogens with zero attached hydrogens (tertiary/aromatic N) is 2. The Hall–Kier alpha value is -0.520. The first-order valence-corrected chi connectivity index (χ1v) is 8.32. The fourth-order valence-electron chi connectivity index (χ4n) is 3.05. The van der Waals surface area contributed by atoms with Crippen molar-refractivity contribution in [3.05, 3.63) is 18.0 Å². The fraction of sp³-hybridized carbons (Fsp3) is 0.786. The average molecular weight is 282 g/mol. The molecule has 0 bridgehead atoms. The molecule has 1 aromatic heterocycles. The topological polar surface area (TPSA) is 47.3 Å². The molecule has 0 aliphatic carbocycles. The summed E-state index contributed by atoms with van der Waals surface area (Å²) >= 11 is 2.00. The third-order valence-corrected chi connectivity index (χ3v) is 5.52. The Bertz CT molecular complexity index is 429. The van der Waals surface area contributed by atoms with E-state index in [1.807, 2.05) is 29.6 Å². The summed E-state index contributed by atoms with van der Waals surface area (Å²) in [6, 6.07) is 0.422. The van der Waals surface area contributed by atoms with Crippen molar-refractivity contribution in [2.24, 2.45) is 0 Å². The predicted octanol–water partition coefficient (Wildman–Crippen LogP) is 2.55. The van der Waals surface area contributed by atoms with Gasteiger partial charge in [0.15, 0.2) is 0 Å². The minimum absolute atomic E-state index is 0.0864. The summed E-state index contributed by atoms with van der Waals surface area (Å²) in [5, 5.41) is 14.3. The van der Waals surface area contributed by atoms with Crippen molar-refractivity contribution in [2.75, 3.05) is 18.1 Å². The number of ether oxygens (including phenoxy) is 1. The maximum Gasteiger partial charge on any atom is 0.0817 e. The molecule has 1 aromatic rings. The Kier molecular flexibility index (Phi) is 3.87. The third kappa shape index (κ3) is 2.69. The van der Waals surface area contributed by atoms with E-state index in [0.29, 0.717) is 6.04 Å². The van der Waals surface area contributed by atoms with Crippen LogP contribution >= 0.6 is 11.8 Å². The van der Waals surface area contributed by atoms with E-state index >= 15 is 0 Å². The highest BCUT2D eigenvalue weighted by Crippen LogP contribution is 2.41. The van der Waals surface area contributed by atoms with Gasteiger partial charge in [0.2, 0.25) is 0 Å². The van der Waals surface area contributed by atoms with E-state index in [1.54, 1.807) is 6.20 Å². The third-order valence-electron chi connectivity index (χ3n) is 4.30. The Morgan fingerprint density at radius 2 is 2.58 bits per heavy atom. The molecule has 3 heterocycles. The molecule has 4 nitrogen and oxygen atoms in total. The van der Waals surface area contributed by atoms with E-state index in [0.717, 1.165) is 37.2 Å². The largest absolute Gasteiger partial charge is 0.388 e. The molecule has 2 saturated heterocycles. The van der Waals surface area contributed by atoms with Crippen LogP contribution in [0.1, 0.15) is 50.3 Å². The van der Waals surface area contributed by atoms with Gasteiger partial charge in [-0.2, -0.15) is 16.9 Å². The normalized spacial score (nSPS) is 32.8. The molecule has 1 spiro atoms. The number of hydrogen-bond acceptors (Lipinski definition) is 4. The molecular formula is C14H22N2O2S. The molecule has 2 aliphatic heterocycles. The fourth-order valence-corrected chi connectivity index (χ4v) is 4.43. The highest BCUT2D eigenvalue weighted by molar-refractivity contribution is 7.99. The van der Waals surface area contributed by atoms with Crippen LogP contribution in [0.2, 0.25) is 0 Å². The Morgan fingerprint density at radius 1 is 1.68 bits per heavy atom. The van der Waals surface area contributed by atoms with Crippen LogP contribution in [0.3, 0.4) is 0 Å². The monoisotopic (exact) mass is 282 g/mol. The van der Waals surface area contributed by atoms with E-state index in [4.69, 9.17) is 4.74 Å². The molecule has 3 rings (SSSR count). The quantitative estimate of drug-likeness (QED) is 0.925. The Labute approximate surface area is 118 Å². The summed E-state index contributed by atoms with van der Waals surface area (Å²) in [5.74, 6) is 2.33. The molecule has 3 atom stereocenters. The zero-order chi connectivity index (χ0) is 13.3. The highest BCUT2D eigenvalue weighted by atomic mass is 32.2. The Morgan fingerprint density at radius 3 is 3.32 bits per heavy atom. The summed E-state index contributed by atoms with van der Waals surface area (Å²) in [4.78, 5) is 0. The molecule has 19 heavy (non-hydrogen) atoms. The van der Waals surface area contributed by atoms with Crippen molar-refractivity contribution < 1.29 is 9.84 Å². The molecule has 0 radical (unpaired) electrons. The van der Waals surface area contributed by atoms with Crippen molar-refractivity contribution in [2.45, 2.75) is 50.4 Å². The van der Waals surface area contributed by atoms with Gasteiger partial charge in [-0.3, -0.25) is 4.68 Å². The maximum atomic E-state index is 9.86. The van der Waals surface area contributed by atoms with E-state index in [-0.39, 0.29) is 11.7 Å². The zero-order valence-corrected chi connectivity index (χ0v) is 12.2. The van der Waals surface area contributed by atoms with E-state index in [2.05, 4.69) is 5.10 Å². The van der Waals surface area contributed by atoms with Crippen LogP contribution in [0, 0.1) is 0 Å². The smallest absolute Gasteiger partial charge is 0.0817 e. The summed E-state index contributed by atoms with van der Waals surface area (Å²) in [5.41, 5.74) is 1.02. The highest BCUT2D eigenvalue weighted by Gasteiger charge is 2.41. The SMILES string of the molecule is CCC(O)c1cnn(C2CCOC3(CCSC3)C2)c1. The average Bonchev–Trinajstić information content (AvgIpc) is 3.08. The summed E-state index contributed by atoms with van der Waals surface area (Å²) < 4.78 is 8.09. The first-order chi connectivity index (χ1) is 9.22. The maximum absolute atomic E-state index is 9.86. The zero-order valence-electron chi connectivity index (χ0n) is 11.4. The Balaban J connectivity index is 1.73. The van der Waals surface area contributed by atoms with Crippen molar-refractivity contribution in [3.63, 3.8) is 0 Å². The first-order valence-electron chi connectivity index (χ1n) is 7.16. The lowest BCUT2D eigenvalue weighted by molar-refractivity contribution is -0.0778. The molecule has 106 valence electrons. The van der Waals surface area contributed by atoms with Gasteiger partial charge in [-0.25, -0.2) is 0 Å². The van der Waals surface area contributed by atoms with Gasteiger partial charge >= 0.3 is 0 Å². The van der Waals surface area contributed by atoms with Gasteiger partial charge in [-0.15, -0.1) is 0 Å². The van der Waals surface area contributed by atoms with Crippen molar-refractivity contribution in [1.82, 2.24) is 9.78 Å². The molecule has 5 heteroatoms. The minimum Gasteiger partial charge on any atom is -0.388 e. The van der Waals surface area contributed by atoms with Crippen molar-refractivity contribution in [3.8, 4) is 0 Å². The molecule has 1 N–H and O–H groups in total. The minimum atomic E-state index is -0.385. The molecule has 2 aliphatic rings. The summed E-state index contributed by atoms with van der Waals surface area (Å²) in [6.45, 7) is 2.82. The van der Waals surface area contributed by atoms with Gasteiger partial charge < -0.3 is 9.84 Å². The molecular weight excluding hydrogens is 260 g/mol. The van der Waals surface area contributed by atoms with Gasteiger partial charge in [0.1, 0.15) is 0 Å². The predicted molar refractivity (Wildman–Crippen MR) is 76.4 cm³/mol. The number of aromatic nitrogens is 2. The van der Waals surface area contributed by atoms with E-state index in [9.17, 15) is 5.11 Å². The van der Waals surface area contributed by atoms with Crippen molar-refractivity contribution in [1.29, 1.82) is 0 Å². The second-order valence-corrected chi connectivity index (χ2v) is 6.76. The van der Waals surface area contributed by atoms with E-state index < -0.39 is 0 Å². The van der Waals surface area contributed by atoms with Gasteiger partial charge in [0.05, 0.1) is 23.9 Å². The van der Waals surface area contributed by atoms with Crippen LogP contribution in [0.15, 0.2) is 12.4 Å². The second-order valence-electron chi connectivity index (χ2n) is 5.66. The van der Waals surface area contributed by atoms with Crippen LogP contribution in [-0.2, 0) is 4.74 Å². The first kappa shape index (κ1) is 13.5. The number of thioether (sulfide) groups is 1. The standard InChI is InChI=1S/C14H22N2O2S/c1-2-13(17)11-8-15-16(9-11)12-3-5-18-14(7-12)4-6-19-10-14/h8-9,12-13,17H,2-7,10H2,1H3. The van der Waals surface area contributed by atoms with Crippen molar-refractivity contribution >= 4 is 11.8 Å². The van der Waals surface area contributed by atoms with Gasteiger partial charge in [-0.1, -0.05) is 6.92 Å². The molecule has 0 amide bonds. The summed E-state index contributed by atoms with van der Waals surface area (Å²) in [7, 11) is 0. The lowest BCUT2D eigenvalue weighted by Gasteiger charge is -2.37. The van der Waals surface area contributed by atoms with Crippen LogP contribution in [0.4, 0.5) is 0 Å². The molecule has 2 fully saturated rings. The molecule has 0 saturated carbocycles. The van der Waals surface area contributed by atoms with Gasteiger partial charge in [-0.05, 0) is 31.4 Å². The van der Waals surface area contributed by atoms with Crippen LogP contribution in [0.5, 0.6) is 0 Å².